The van der Waals surface area contributed by atoms with Crippen LogP contribution in [0.15, 0.2) is 48.5 Å². The zero-order chi connectivity index (χ0) is 20.5. The molecule has 0 heterocycles. The molecule has 2 N–H and O–H groups in total. The average Bonchev–Trinajstić information content (AvgIpc) is 2.66. The summed E-state index contributed by atoms with van der Waals surface area (Å²) in [5, 5.41) is 5.38. The van der Waals surface area contributed by atoms with E-state index in [1.165, 1.54) is 14.0 Å². The van der Waals surface area contributed by atoms with Gasteiger partial charge in [0.2, 0.25) is 5.91 Å². The fourth-order valence-corrected chi connectivity index (χ4v) is 2.66. The van der Waals surface area contributed by atoms with Crippen LogP contribution in [0.5, 0.6) is 5.75 Å². The second-order valence-electron chi connectivity index (χ2n) is 6.28. The molecule has 0 saturated heterocycles. The van der Waals surface area contributed by atoms with Crippen molar-refractivity contribution in [2.45, 2.75) is 26.3 Å². The molecular formula is C21H24N2O5. The van der Waals surface area contributed by atoms with E-state index in [0.717, 1.165) is 11.1 Å². The van der Waals surface area contributed by atoms with E-state index in [0.29, 0.717) is 11.4 Å². The zero-order valence-corrected chi connectivity index (χ0v) is 16.2. The fraction of sp³-hybridized carbons (Fsp3) is 0.286. The van der Waals surface area contributed by atoms with Crippen molar-refractivity contribution < 1.29 is 23.9 Å². The van der Waals surface area contributed by atoms with Gasteiger partial charge in [0.15, 0.2) is 6.61 Å². The first-order valence-corrected chi connectivity index (χ1v) is 8.81. The molecule has 0 unspecified atom stereocenters. The predicted molar refractivity (Wildman–Crippen MR) is 105 cm³/mol. The summed E-state index contributed by atoms with van der Waals surface area (Å²) in [6.07, 6.45) is -0.0787. The highest BCUT2D eigenvalue weighted by molar-refractivity contribution is 5.94. The molecule has 0 radical (unpaired) electrons. The highest BCUT2D eigenvalue weighted by Crippen LogP contribution is 2.25. The highest BCUT2D eigenvalue weighted by Gasteiger charge is 2.19. The van der Waals surface area contributed by atoms with Crippen molar-refractivity contribution in [2.24, 2.45) is 0 Å². The third-order valence-corrected chi connectivity index (χ3v) is 3.94. The summed E-state index contributed by atoms with van der Waals surface area (Å²) in [7, 11) is 1.51. The number of anilines is 1. The third-order valence-electron chi connectivity index (χ3n) is 3.94. The van der Waals surface area contributed by atoms with Gasteiger partial charge in [-0.15, -0.1) is 0 Å². The molecule has 0 saturated carbocycles. The summed E-state index contributed by atoms with van der Waals surface area (Å²) in [6, 6.07) is 13.9. The van der Waals surface area contributed by atoms with Crippen molar-refractivity contribution in [1.82, 2.24) is 5.32 Å². The smallest absolute Gasteiger partial charge is 0.308 e. The maximum absolute atomic E-state index is 12.2. The summed E-state index contributed by atoms with van der Waals surface area (Å²) >= 11 is 0. The van der Waals surface area contributed by atoms with Crippen LogP contribution >= 0.6 is 0 Å². The first-order chi connectivity index (χ1) is 13.4. The lowest BCUT2D eigenvalue weighted by Crippen LogP contribution is -2.29. The number of aryl methyl sites for hydroxylation is 1. The van der Waals surface area contributed by atoms with E-state index in [9.17, 15) is 14.4 Å². The van der Waals surface area contributed by atoms with Gasteiger partial charge in [-0.25, -0.2) is 0 Å². The number of methoxy groups -OCH3 is 1. The Balaban J connectivity index is 1.92. The Labute approximate surface area is 164 Å². The summed E-state index contributed by atoms with van der Waals surface area (Å²) in [5.41, 5.74) is 2.24. The van der Waals surface area contributed by atoms with Gasteiger partial charge >= 0.3 is 5.97 Å². The second-order valence-corrected chi connectivity index (χ2v) is 6.28. The fourth-order valence-electron chi connectivity index (χ4n) is 2.66. The van der Waals surface area contributed by atoms with Crippen molar-refractivity contribution in [3.8, 4) is 5.75 Å². The van der Waals surface area contributed by atoms with E-state index in [1.54, 1.807) is 12.1 Å². The van der Waals surface area contributed by atoms with Gasteiger partial charge in [0.1, 0.15) is 5.75 Å². The van der Waals surface area contributed by atoms with Gasteiger partial charge in [-0.05, 0) is 30.2 Å². The normalized spacial score (nSPS) is 11.2. The molecule has 0 aromatic heterocycles. The molecule has 7 heteroatoms. The van der Waals surface area contributed by atoms with Crippen LogP contribution in [-0.4, -0.2) is 31.5 Å². The molecule has 0 fully saturated rings. The lowest BCUT2D eigenvalue weighted by molar-refractivity contribution is -0.148. The maximum atomic E-state index is 12.2. The van der Waals surface area contributed by atoms with Crippen LogP contribution in [0.1, 0.15) is 30.5 Å². The first-order valence-electron chi connectivity index (χ1n) is 8.81. The molecule has 0 aliphatic carbocycles. The number of benzene rings is 2. The van der Waals surface area contributed by atoms with Gasteiger partial charge in [-0.3, -0.25) is 14.4 Å². The van der Waals surface area contributed by atoms with Crippen LogP contribution < -0.4 is 15.4 Å². The molecule has 2 rings (SSSR count). The van der Waals surface area contributed by atoms with Crippen LogP contribution in [0, 0.1) is 6.92 Å². The van der Waals surface area contributed by atoms with Crippen molar-refractivity contribution in [1.29, 1.82) is 0 Å². The first kappa shape index (κ1) is 21.0. The topological polar surface area (TPSA) is 93.7 Å². The maximum Gasteiger partial charge on any atom is 0.308 e. The van der Waals surface area contributed by atoms with Crippen LogP contribution in [0.4, 0.5) is 5.69 Å². The Morgan fingerprint density at radius 2 is 1.79 bits per heavy atom. The lowest BCUT2D eigenvalue weighted by Gasteiger charge is -2.17. The van der Waals surface area contributed by atoms with Crippen molar-refractivity contribution in [2.75, 3.05) is 19.0 Å². The predicted octanol–water partition coefficient (Wildman–Crippen LogP) is 2.75. The van der Waals surface area contributed by atoms with Gasteiger partial charge in [0, 0.05) is 6.92 Å². The minimum absolute atomic E-state index is 0.0787. The van der Waals surface area contributed by atoms with E-state index >= 15 is 0 Å². The lowest BCUT2D eigenvalue weighted by atomic mass is 10.0. The number of carbonyl (C=O) groups is 3. The molecule has 2 aromatic carbocycles. The number of esters is 1. The van der Waals surface area contributed by atoms with Gasteiger partial charge in [-0.2, -0.15) is 0 Å². The molecule has 2 aromatic rings. The number of carbonyl (C=O) groups excluding carboxylic acids is 3. The molecule has 0 bridgehead atoms. The number of amides is 2. The summed E-state index contributed by atoms with van der Waals surface area (Å²) in [6.45, 7) is 2.84. The molecule has 0 aliphatic heterocycles. The molecule has 148 valence electrons. The zero-order valence-electron chi connectivity index (χ0n) is 16.2. The minimum atomic E-state index is -0.589. The monoisotopic (exact) mass is 384 g/mol. The number of nitrogens with one attached hydrogen (secondary N) is 2. The number of hydrogen-bond acceptors (Lipinski definition) is 5. The van der Waals surface area contributed by atoms with Crippen LogP contribution in [0.2, 0.25) is 0 Å². The van der Waals surface area contributed by atoms with Crippen molar-refractivity contribution >= 4 is 23.5 Å². The second kappa shape index (κ2) is 10.1. The Morgan fingerprint density at radius 1 is 1.07 bits per heavy atom. The number of ether oxygens (including phenoxy) is 2. The van der Waals surface area contributed by atoms with E-state index in [1.807, 2.05) is 43.3 Å². The molecule has 7 nitrogen and oxygen atoms in total. The molecule has 28 heavy (non-hydrogen) atoms. The Bertz CT molecular complexity index is 836. The standard InChI is InChI=1S/C21H24N2O5/c1-14-9-10-19(27-3)18(11-14)23-20(25)13-28-21(26)12-17(22-15(2)24)16-7-5-4-6-8-16/h4-11,17H,12-13H2,1-3H3,(H,22,24)(H,23,25)/t17-/m0/s1. The van der Waals surface area contributed by atoms with Crippen LogP contribution in [-0.2, 0) is 19.1 Å². The van der Waals surface area contributed by atoms with E-state index in [4.69, 9.17) is 9.47 Å². The van der Waals surface area contributed by atoms with E-state index in [-0.39, 0.29) is 12.3 Å². The minimum Gasteiger partial charge on any atom is -0.495 e. The Kier molecular flexibility index (Phi) is 7.56. The summed E-state index contributed by atoms with van der Waals surface area (Å²) < 4.78 is 10.3. The van der Waals surface area contributed by atoms with Crippen LogP contribution in [0.3, 0.4) is 0 Å². The largest absolute Gasteiger partial charge is 0.495 e. The number of hydrogen-bond donors (Lipinski definition) is 2. The molecule has 2 amide bonds. The van der Waals surface area contributed by atoms with Crippen LogP contribution in [0.25, 0.3) is 0 Å². The highest BCUT2D eigenvalue weighted by atomic mass is 16.5. The summed E-state index contributed by atoms with van der Waals surface area (Å²) in [4.78, 5) is 35.7. The van der Waals surface area contributed by atoms with Gasteiger partial charge < -0.3 is 20.1 Å². The van der Waals surface area contributed by atoms with E-state index < -0.39 is 24.5 Å². The Morgan fingerprint density at radius 3 is 2.43 bits per heavy atom. The molecule has 1 atom stereocenters. The van der Waals surface area contributed by atoms with Gasteiger partial charge in [0.05, 0.1) is 25.3 Å². The van der Waals surface area contributed by atoms with Crippen molar-refractivity contribution in [3.05, 3.63) is 59.7 Å². The number of rotatable bonds is 8. The Hall–Kier alpha value is -3.35. The van der Waals surface area contributed by atoms with Crippen molar-refractivity contribution in [3.63, 3.8) is 0 Å². The SMILES string of the molecule is COc1ccc(C)cc1NC(=O)COC(=O)C[C@H](NC(C)=O)c1ccccc1. The van der Waals surface area contributed by atoms with Gasteiger partial charge in [0.25, 0.3) is 5.91 Å². The average molecular weight is 384 g/mol. The summed E-state index contributed by atoms with van der Waals surface area (Å²) in [5.74, 6) is -0.812. The van der Waals surface area contributed by atoms with Gasteiger partial charge in [-0.1, -0.05) is 36.4 Å². The quantitative estimate of drug-likeness (QED) is 0.683. The molecule has 0 spiro atoms. The molecular weight excluding hydrogens is 360 g/mol. The van der Waals surface area contributed by atoms with E-state index in [2.05, 4.69) is 10.6 Å². The third kappa shape index (κ3) is 6.42. The molecule has 0 aliphatic rings.